The molecule has 0 atom stereocenters. The average molecular weight is 721 g/mol. The maximum absolute atomic E-state index is 3.94. The molecule has 0 spiro atoms. The zero-order chi connectivity index (χ0) is 41.3. The van der Waals surface area contributed by atoms with Crippen molar-refractivity contribution in [2.45, 2.75) is 123 Å². The molecular weight excluding hydrogens is 649 g/mol. The fourth-order valence-corrected chi connectivity index (χ4v) is 7.05. The molecule has 0 heteroatoms. The second-order valence-corrected chi connectivity index (χ2v) is 13.8. The summed E-state index contributed by atoms with van der Waals surface area (Å²) in [4.78, 5) is 0. The summed E-state index contributed by atoms with van der Waals surface area (Å²) in [7, 11) is 0. The van der Waals surface area contributed by atoms with Crippen LogP contribution in [0.2, 0.25) is 0 Å². The highest BCUT2D eigenvalue weighted by Gasteiger charge is 2.36. The van der Waals surface area contributed by atoms with Crippen LogP contribution in [0.15, 0.2) is 122 Å². The minimum absolute atomic E-state index is 0.0768. The summed E-state index contributed by atoms with van der Waals surface area (Å²) in [5.74, 6) is 0. The van der Waals surface area contributed by atoms with Crippen LogP contribution in [0.5, 0.6) is 0 Å². The van der Waals surface area contributed by atoms with Crippen LogP contribution in [-0.4, -0.2) is 0 Å². The van der Waals surface area contributed by atoms with Gasteiger partial charge in [0.2, 0.25) is 0 Å². The first-order valence-electron chi connectivity index (χ1n) is 20.2. The molecule has 0 bridgehead atoms. The Morgan fingerprint density at radius 1 is 0.611 bits per heavy atom. The van der Waals surface area contributed by atoms with Crippen molar-refractivity contribution in [3.63, 3.8) is 0 Å². The third-order valence-electron chi connectivity index (χ3n) is 9.89. The molecule has 288 valence electrons. The molecule has 0 fully saturated rings. The maximum atomic E-state index is 3.94. The Balaban J connectivity index is 0.000000449. The highest BCUT2D eigenvalue weighted by Crippen LogP contribution is 2.51. The van der Waals surface area contributed by atoms with Gasteiger partial charge in [0.15, 0.2) is 0 Å². The molecule has 0 N–H and O–H groups in total. The Morgan fingerprint density at radius 2 is 1.19 bits per heavy atom. The van der Waals surface area contributed by atoms with Gasteiger partial charge in [0.05, 0.1) is 0 Å². The maximum Gasteiger partial charge on any atom is 0.0158 e. The quantitative estimate of drug-likeness (QED) is 0.128. The molecule has 0 unspecified atom stereocenters. The van der Waals surface area contributed by atoms with Crippen LogP contribution in [-0.2, 0) is 5.41 Å². The summed E-state index contributed by atoms with van der Waals surface area (Å²) in [5, 5.41) is 2.66. The van der Waals surface area contributed by atoms with Gasteiger partial charge in [0.1, 0.15) is 0 Å². The van der Waals surface area contributed by atoms with Crippen LogP contribution < -0.4 is 0 Å². The Bertz CT molecular complexity index is 2050. The second-order valence-electron chi connectivity index (χ2n) is 13.8. The van der Waals surface area contributed by atoms with Crippen LogP contribution in [0.25, 0.3) is 44.2 Å². The number of hydrogen-bond acceptors (Lipinski definition) is 0. The lowest BCUT2D eigenvalue weighted by atomic mass is 9.81. The molecule has 0 radical (unpaired) electrons. The Labute approximate surface area is 332 Å². The summed E-state index contributed by atoms with van der Waals surface area (Å²) >= 11 is 0. The van der Waals surface area contributed by atoms with Crippen molar-refractivity contribution in [1.29, 1.82) is 0 Å². The van der Waals surface area contributed by atoms with Crippen molar-refractivity contribution in [3.8, 4) is 22.3 Å². The van der Waals surface area contributed by atoms with Gasteiger partial charge in [-0.25, -0.2) is 0 Å². The zero-order valence-electron chi connectivity index (χ0n) is 37.2. The summed E-state index contributed by atoms with van der Waals surface area (Å²) in [6.45, 7) is 43.4. The Kier molecular flexibility index (Phi) is 19.7. The highest BCUT2D eigenvalue weighted by atomic mass is 14.4. The SMILES string of the molecule is C=C/C(=C\C)c1cc(C(C)=C(C)C)c2c(C)cccc2c1.C=CC.CC.CC.CC.Cc1ccc2c(c1)-c1c(ccc(-c3ccccc3C)c1C)C2(C)C. The van der Waals surface area contributed by atoms with Crippen LogP contribution in [0, 0.1) is 27.7 Å². The van der Waals surface area contributed by atoms with Gasteiger partial charge in [-0.05, 0) is 158 Å². The second kappa shape index (κ2) is 22.5. The van der Waals surface area contributed by atoms with Crippen molar-refractivity contribution >= 4 is 21.9 Å². The number of rotatable bonds is 4. The van der Waals surface area contributed by atoms with Crippen molar-refractivity contribution in [2.75, 3.05) is 0 Å². The van der Waals surface area contributed by atoms with Gasteiger partial charge in [-0.3, -0.25) is 0 Å². The van der Waals surface area contributed by atoms with E-state index in [9.17, 15) is 0 Å². The Morgan fingerprint density at radius 3 is 1.74 bits per heavy atom. The van der Waals surface area contributed by atoms with Gasteiger partial charge in [0, 0.05) is 5.41 Å². The van der Waals surface area contributed by atoms with Crippen molar-refractivity contribution in [3.05, 3.63) is 166 Å². The van der Waals surface area contributed by atoms with Gasteiger partial charge in [0.25, 0.3) is 0 Å². The third-order valence-corrected chi connectivity index (χ3v) is 9.89. The first-order chi connectivity index (χ1) is 25.8. The van der Waals surface area contributed by atoms with E-state index in [0.29, 0.717) is 0 Å². The summed E-state index contributed by atoms with van der Waals surface area (Å²) in [5.41, 5.74) is 20.4. The summed E-state index contributed by atoms with van der Waals surface area (Å²) < 4.78 is 0. The lowest BCUT2D eigenvalue weighted by molar-refractivity contribution is 0.660. The van der Waals surface area contributed by atoms with E-state index in [2.05, 4.69) is 173 Å². The van der Waals surface area contributed by atoms with Gasteiger partial charge >= 0.3 is 0 Å². The van der Waals surface area contributed by atoms with E-state index in [0.717, 1.165) is 0 Å². The molecule has 0 heterocycles. The molecule has 5 aromatic rings. The predicted molar refractivity (Wildman–Crippen MR) is 250 cm³/mol. The number of fused-ring (bicyclic) bond motifs is 4. The van der Waals surface area contributed by atoms with Crippen molar-refractivity contribution in [1.82, 2.24) is 0 Å². The van der Waals surface area contributed by atoms with E-state index in [4.69, 9.17) is 0 Å². The number of allylic oxidation sites excluding steroid dienone is 6. The van der Waals surface area contributed by atoms with Crippen molar-refractivity contribution in [2.24, 2.45) is 0 Å². The molecule has 1 aliphatic carbocycles. The van der Waals surface area contributed by atoms with Crippen LogP contribution in [0.1, 0.15) is 135 Å². The fraction of sp³-hybridized carbons (Fsp3) is 0.333. The lowest BCUT2D eigenvalue weighted by Crippen LogP contribution is -2.15. The van der Waals surface area contributed by atoms with E-state index >= 15 is 0 Å². The Hall–Kier alpha value is -4.68. The van der Waals surface area contributed by atoms with Crippen LogP contribution in [0.4, 0.5) is 0 Å². The molecule has 0 nitrogen and oxygen atoms in total. The summed E-state index contributed by atoms with van der Waals surface area (Å²) in [6, 6.07) is 31.3. The molecule has 54 heavy (non-hydrogen) atoms. The molecule has 5 aromatic carbocycles. The van der Waals surface area contributed by atoms with Crippen molar-refractivity contribution < 1.29 is 0 Å². The average Bonchev–Trinajstić information content (AvgIpc) is 3.40. The smallest absolute Gasteiger partial charge is 0.0158 e. The monoisotopic (exact) mass is 721 g/mol. The third kappa shape index (κ3) is 10.5. The van der Waals surface area contributed by atoms with Gasteiger partial charge in [-0.15, -0.1) is 6.58 Å². The fourth-order valence-electron chi connectivity index (χ4n) is 7.05. The molecule has 0 aliphatic heterocycles. The largest absolute Gasteiger partial charge is 0.103 e. The van der Waals surface area contributed by atoms with Gasteiger partial charge in [-0.2, -0.15) is 0 Å². The first-order valence-corrected chi connectivity index (χ1v) is 20.2. The normalized spacial score (nSPS) is 11.5. The number of hydrogen-bond donors (Lipinski definition) is 0. The van der Waals surface area contributed by atoms with Crippen LogP contribution >= 0.6 is 0 Å². The standard InChI is InChI=1S/C24H24.C21H24.C3H6.3C2H6/c1-15-10-12-21-20(14-15)23-17(3)19(11-13-22(23)24(21,4)5)18-9-7-6-8-16(18)2;1-7-17(8-2)19-12-18-11-9-10-15(5)21(18)20(13-19)16(6)14(3)4;1-3-2;3*1-2/h6-14H,1-5H3;7-13H,1H2,2-6H3;3H,1H2,2H3;3*1-2H3/b;17-8+;;;;. The van der Waals surface area contributed by atoms with E-state index in [1.807, 2.05) is 54.5 Å². The lowest BCUT2D eigenvalue weighted by Gasteiger charge is -2.22. The molecular formula is C54H72. The minimum atomic E-state index is 0.0768. The van der Waals surface area contributed by atoms with Gasteiger partial charge < -0.3 is 0 Å². The van der Waals surface area contributed by atoms with E-state index < -0.39 is 0 Å². The minimum Gasteiger partial charge on any atom is -0.103 e. The first kappa shape index (κ1) is 47.3. The number of benzene rings is 5. The molecule has 0 aromatic heterocycles. The van der Waals surface area contributed by atoms with Crippen LogP contribution in [0.3, 0.4) is 0 Å². The molecule has 0 saturated carbocycles. The van der Waals surface area contributed by atoms with E-state index in [1.54, 1.807) is 6.08 Å². The van der Waals surface area contributed by atoms with Gasteiger partial charge in [-0.1, -0.05) is 164 Å². The van der Waals surface area contributed by atoms with E-state index in [-0.39, 0.29) is 5.41 Å². The zero-order valence-corrected chi connectivity index (χ0v) is 37.2. The van der Waals surface area contributed by atoms with E-state index in [1.165, 1.54) is 94.3 Å². The topological polar surface area (TPSA) is 0 Å². The highest BCUT2D eigenvalue weighted by molar-refractivity contribution is 5.99. The molecule has 1 aliphatic rings. The molecule has 0 saturated heterocycles. The molecule has 6 rings (SSSR count). The predicted octanol–water partition coefficient (Wildman–Crippen LogP) is 17.4. The molecule has 0 amide bonds. The summed E-state index contributed by atoms with van der Waals surface area (Å²) in [6.07, 6.45) is 5.80. The number of aryl methyl sites for hydroxylation is 3.